The second kappa shape index (κ2) is 21.2. The predicted octanol–water partition coefficient (Wildman–Crippen LogP) is 19.8. The third kappa shape index (κ3) is 9.49. The van der Waals surface area contributed by atoms with Gasteiger partial charge in [0.2, 0.25) is 0 Å². The summed E-state index contributed by atoms with van der Waals surface area (Å²) in [5, 5.41) is 6.19. The summed E-state index contributed by atoms with van der Waals surface area (Å²) in [6.45, 7) is 0.000299. The molecule has 8 heterocycles. The molecule has 0 atom stereocenters. The Kier molecular flexibility index (Phi) is 11.3. The third-order valence-corrected chi connectivity index (χ3v) is 14.2. The van der Waals surface area contributed by atoms with E-state index in [0.29, 0.717) is 11.1 Å². The van der Waals surface area contributed by atoms with E-state index in [2.05, 4.69) is 88.4 Å². The van der Waals surface area contributed by atoms with Gasteiger partial charge in [-0.15, -0.1) is 0 Å². The number of benzene rings is 8. The van der Waals surface area contributed by atoms with Crippen LogP contribution in [0.15, 0.2) is 261 Å². The number of rotatable bonds is 4. The van der Waals surface area contributed by atoms with Crippen LogP contribution in [0.4, 0.5) is 0 Å². The zero-order valence-electron chi connectivity index (χ0n) is 49.5. The van der Waals surface area contributed by atoms with Crippen molar-refractivity contribution in [3.05, 3.63) is 266 Å². The Hall–Kier alpha value is -10.4. The number of furan rings is 4. The number of nitrogens with zero attached hydrogens (tertiary/aromatic N) is 4. The molecule has 0 N–H and O–H groups in total. The summed E-state index contributed by atoms with van der Waals surface area (Å²) in [4.78, 5) is 17.4. The normalized spacial score (nSPS) is 12.7. The minimum Gasteiger partial charge on any atom is -0.455 e. The van der Waals surface area contributed by atoms with Crippen LogP contribution in [0.25, 0.3) is 133 Å². The number of aryl methyl sites for hydroxylation is 4. The highest BCUT2D eigenvalue weighted by Gasteiger charge is 2.16. The lowest BCUT2D eigenvalue weighted by Crippen LogP contribution is -1.81. The van der Waals surface area contributed by atoms with Gasteiger partial charge in [-0.2, -0.15) is 0 Å². The minimum atomic E-state index is -2.09. The molecule has 0 unspecified atom stereocenters. The van der Waals surface area contributed by atoms with Crippen molar-refractivity contribution in [2.75, 3.05) is 0 Å². The monoisotopic (exact) mass is 1040 g/mol. The van der Waals surface area contributed by atoms with Crippen LogP contribution < -0.4 is 0 Å². The fourth-order valence-corrected chi connectivity index (χ4v) is 10.2. The smallest absolute Gasteiger partial charge is 0.161 e. The summed E-state index contributed by atoms with van der Waals surface area (Å²) in [6.07, 6.45) is 10.8. The van der Waals surface area contributed by atoms with Gasteiger partial charge in [0.25, 0.3) is 0 Å². The van der Waals surface area contributed by atoms with Crippen molar-refractivity contribution in [2.45, 2.75) is 27.6 Å². The number of hydrogen-bond acceptors (Lipinski definition) is 8. The Morgan fingerprint density at radius 2 is 0.750 bits per heavy atom. The lowest BCUT2D eigenvalue weighted by molar-refractivity contribution is 0.669. The molecular weight excluding hydrogens is 985 g/mol. The van der Waals surface area contributed by atoms with Gasteiger partial charge >= 0.3 is 0 Å². The zero-order valence-corrected chi connectivity index (χ0v) is 43.5. The van der Waals surface area contributed by atoms with E-state index < -0.39 is 13.7 Å². The number of para-hydroxylation sites is 4. The molecule has 8 heteroatoms. The topological polar surface area (TPSA) is 104 Å². The van der Waals surface area contributed by atoms with Crippen LogP contribution >= 0.6 is 0 Å². The van der Waals surface area contributed by atoms with Gasteiger partial charge in [0.15, 0.2) is 11.2 Å². The average molecular weight is 1040 g/mol. The van der Waals surface area contributed by atoms with Gasteiger partial charge in [0.1, 0.15) is 44.5 Å². The largest absolute Gasteiger partial charge is 0.455 e. The molecule has 8 aromatic carbocycles. The van der Waals surface area contributed by atoms with E-state index in [0.717, 1.165) is 133 Å². The van der Waals surface area contributed by atoms with Gasteiger partial charge in [-0.1, -0.05) is 180 Å². The van der Waals surface area contributed by atoms with Crippen molar-refractivity contribution in [2.24, 2.45) is 0 Å². The van der Waals surface area contributed by atoms with Crippen LogP contribution in [0.5, 0.6) is 0 Å². The van der Waals surface area contributed by atoms with Gasteiger partial charge < -0.3 is 17.7 Å². The molecule has 16 rings (SSSR count). The number of pyridine rings is 4. The second-order valence-corrected chi connectivity index (χ2v) is 19.5. The predicted molar refractivity (Wildman–Crippen MR) is 327 cm³/mol. The fourth-order valence-electron chi connectivity index (χ4n) is 10.2. The molecule has 0 bridgehead atoms. The first-order valence-corrected chi connectivity index (χ1v) is 26.1. The quantitative estimate of drug-likeness (QED) is 0.172. The van der Waals surface area contributed by atoms with E-state index >= 15 is 0 Å². The van der Waals surface area contributed by atoms with Gasteiger partial charge in [0, 0.05) is 100.0 Å². The summed E-state index contributed by atoms with van der Waals surface area (Å²) < 4.78 is 68.7. The highest BCUT2D eigenvalue weighted by atomic mass is 16.3. The van der Waals surface area contributed by atoms with E-state index in [4.69, 9.17) is 25.9 Å². The molecule has 0 spiro atoms. The maximum atomic E-state index is 7.46. The zero-order chi connectivity index (χ0) is 59.1. The number of hydrogen-bond donors (Lipinski definition) is 0. The summed E-state index contributed by atoms with van der Waals surface area (Å²) in [5.74, 6) is 0. The van der Waals surface area contributed by atoms with Crippen LogP contribution in [0.2, 0.25) is 0 Å². The van der Waals surface area contributed by atoms with E-state index in [-0.39, 0.29) is 0 Å². The highest BCUT2D eigenvalue weighted by molar-refractivity contribution is 6.11. The Labute approximate surface area is 469 Å². The maximum Gasteiger partial charge on any atom is 0.161 e. The molecule has 0 saturated heterocycles. The molecule has 0 aliphatic heterocycles. The third-order valence-electron chi connectivity index (χ3n) is 14.2. The van der Waals surface area contributed by atoms with Crippen molar-refractivity contribution >= 4 is 88.0 Å². The van der Waals surface area contributed by atoms with Gasteiger partial charge in [-0.3, -0.25) is 19.9 Å². The van der Waals surface area contributed by atoms with Crippen molar-refractivity contribution < 1.29 is 25.9 Å². The molecule has 8 nitrogen and oxygen atoms in total. The van der Waals surface area contributed by atoms with Crippen molar-refractivity contribution in [1.29, 1.82) is 0 Å². The Bertz CT molecular complexity index is 4780. The SMILES string of the molecule is Cc1ccc(-c2ccnc3c2oc2ccccc23)cc1.Cc1ccc(-c2cncc3c2oc2ccccc23)cc1.[2H]C([2H])([2H])c1ccc(-c2cccc3c2oc2cccnc23)cc1.[2H]C([2H])([2H])c1ccc(-c2cccc3c2oc2ccncc23)cc1. The molecule has 16 aromatic rings. The molecule has 0 aliphatic rings. The summed E-state index contributed by atoms with van der Waals surface area (Å²) >= 11 is 0. The molecule has 8 aromatic heterocycles. The average Bonchev–Trinajstić information content (AvgIpc) is 2.81. The first-order chi connectivity index (χ1) is 41.7. The number of aromatic nitrogens is 4. The van der Waals surface area contributed by atoms with Gasteiger partial charge in [-0.25, -0.2) is 0 Å². The summed E-state index contributed by atoms with van der Waals surface area (Å²) in [7, 11) is 0. The van der Waals surface area contributed by atoms with Crippen LogP contribution in [0, 0.1) is 27.6 Å². The Morgan fingerprint density at radius 1 is 0.287 bits per heavy atom. The summed E-state index contributed by atoms with van der Waals surface area (Å²) in [5.41, 5.74) is 19.7. The van der Waals surface area contributed by atoms with Gasteiger partial charge in [0.05, 0.1) is 0 Å². The minimum absolute atomic E-state index is 0.333. The maximum absolute atomic E-state index is 7.46. The molecule has 0 saturated carbocycles. The summed E-state index contributed by atoms with van der Waals surface area (Å²) in [6, 6.07) is 66.3. The van der Waals surface area contributed by atoms with Gasteiger partial charge in [-0.05, 0) is 98.3 Å². The molecule has 0 radical (unpaired) electrons. The first kappa shape index (κ1) is 42.6. The van der Waals surface area contributed by atoms with Crippen molar-refractivity contribution in [1.82, 2.24) is 19.9 Å². The van der Waals surface area contributed by atoms with Crippen molar-refractivity contribution in [3.8, 4) is 44.5 Å². The molecule has 0 aliphatic carbocycles. The standard InChI is InChI=1S/4C18H13NO/c1-12-7-9-13(10-8-12)14-4-2-5-15-17-16(20-18(14)15)6-3-11-19-17;1-12-5-7-13(8-6-12)14-3-2-4-15-16-11-19-10-9-17(16)20-18(14)15;1-12-6-8-13(9-7-12)15-10-19-11-16-14-4-2-3-5-17(14)20-18(15)16;1-12-6-8-13(9-7-12)14-10-11-19-17-15-4-2-3-5-16(15)20-18(14)17/h4*2-11H,1H3/i2*1D3;;. The molecule has 0 amide bonds. The fraction of sp³-hybridized carbons (Fsp3) is 0.0556. The first-order valence-electron chi connectivity index (χ1n) is 29.1. The molecular formula is C72H52N4O4. The van der Waals surface area contributed by atoms with Crippen LogP contribution in [-0.2, 0) is 0 Å². The van der Waals surface area contributed by atoms with E-state index in [9.17, 15) is 0 Å². The van der Waals surface area contributed by atoms with Crippen LogP contribution in [-0.4, -0.2) is 19.9 Å². The molecule has 0 fully saturated rings. The lowest BCUT2D eigenvalue weighted by atomic mass is 10.0. The Morgan fingerprint density at radius 3 is 1.40 bits per heavy atom. The van der Waals surface area contributed by atoms with Crippen LogP contribution in [0.3, 0.4) is 0 Å². The Balaban J connectivity index is 0.000000107. The van der Waals surface area contributed by atoms with E-state index in [1.165, 1.54) is 11.1 Å². The van der Waals surface area contributed by atoms with E-state index in [1.54, 1.807) is 42.9 Å². The molecule has 384 valence electrons. The van der Waals surface area contributed by atoms with Crippen LogP contribution in [0.1, 0.15) is 30.5 Å². The number of fused-ring (bicyclic) bond motifs is 12. The van der Waals surface area contributed by atoms with E-state index in [1.807, 2.05) is 146 Å². The highest BCUT2D eigenvalue weighted by Crippen LogP contribution is 2.39. The second-order valence-electron chi connectivity index (χ2n) is 19.5. The van der Waals surface area contributed by atoms with Crippen molar-refractivity contribution in [3.63, 3.8) is 0 Å². The lowest BCUT2D eigenvalue weighted by Gasteiger charge is -2.03. The molecule has 80 heavy (non-hydrogen) atoms.